The van der Waals surface area contributed by atoms with E-state index in [4.69, 9.17) is 5.11 Å². The number of rotatable bonds is 3. The molecule has 0 saturated carbocycles. The summed E-state index contributed by atoms with van der Waals surface area (Å²) in [5.74, 6) is -0.372. The average Bonchev–Trinajstić information content (AvgIpc) is 2.63. The van der Waals surface area contributed by atoms with Crippen molar-refractivity contribution in [1.82, 2.24) is 9.36 Å². The summed E-state index contributed by atoms with van der Waals surface area (Å²) in [7, 11) is 0. The minimum absolute atomic E-state index is 0.546. The molecule has 0 spiro atoms. The van der Waals surface area contributed by atoms with Crippen molar-refractivity contribution in [2.75, 3.05) is 5.32 Å². The van der Waals surface area contributed by atoms with Gasteiger partial charge in [-0.2, -0.15) is 4.37 Å². The van der Waals surface area contributed by atoms with Gasteiger partial charge in [-0.3, -0.25) is 0 Å². The number of carboxylic acids is 1. The number of anilines is 1. The molecule has 2 aromatic heterocycles. The third kappa shape index (κ3) is 1.96. The minimum Gasteiger partial charge on any atom is -0.480 e. The Labute approximate surface area is 96.3 Å². The van der Waals surface area contributed by atoms with Gasteiger partial charge in [0.15, 0.2) is 0 Å². The molecule has 0 saturated heterocycles. The molecule has 0 radical (unpaired) electrons. The van der Waals surface area contributed by atoms with Gasteiger partial charge in [-0.1, -0.05) is 0 Å². The number of nitrogens with zero attached hydrogens (tertiary/aromatic N) is 2. The Balaban J connectivity index is 2.30. The van der Waals surface area contributed by atoms with Crippen LogP contribution in [0.3, 0.4) is 0 Å². The second kappa shape index (κ2) is 3.71. The molecule has 16 heavy (non-hydrogen) atoms. The molecule has 0 aliphatic rings. The summed E-state index contributed by atoms with van der Waals surface area (Å²) < 4.78 is 4.01. The lowest BCUT2D eigenvalue weighted by atomic mass is 10.1. The summed E-state index contributed by atoms with van der Waals surface area (Å²) in [6, 6.07) is 3.62. The van der Waals surface area contributed by atoms with Gasteiger partial charge in [0.2, 0.25) is 0 Å². The molecule has 0 unspecified atom stereocenters. The van der Waals surface area contributed by atoms with Crippen LogP contribution in [-0.2, 0) is 4.79 Å². The van der Waals surface area contributed by atoms with E-state index >= 15 is 0 Å². The maximum atomic E-state index is 10.9. The zero-order valence-electron chi connectivity index (χ0n) is 8.89. The van der Waals surface area contributed by atoms with Crippen molar-refractivity contribution in [1.29, 1.82) is 0 Å². The molecule has 2 rings (SSSR count). The highest BCUT2D eigenvalue weighted by molar-refractivity contribution is 7.12. The number of hydrogen-bond donors (Lipinski definition) is 2. The smallest absolute Gasteiger partial charge is 0.328 e. The van der Waals surface area contributed by atoms with Gasteiger partial charge >= 0.3 is 5.97 Å². The summed E-state index contributed by atoms with van der Waals surface area (Å²) in [5, 5.41) is 12.8. The van der Waals surface area contributed by atoms with Crippen LogP contribution >= 0.6 is 11.5 Å². The maximum Gasteiger partial charge on any atom is 0.328 e. The number of hydrogen-bond acceptors (Lipinski definition) is 5. The van der Waals surface area contributed by atoms with Crippen LogP contribution in [0, 0.1) is 0 Å². The van der Waals surface area contributed by atoms with Crippen molar-refractivity contribution in [3.63, 3.8) is 0 Å². The van der Waals surface area contributed by atoms with Crippen LogP contribution < -0.4 is 5.32 Å². The number of nitrogens with one attached hydrogen (secondary N) is 1. The van der Waals surface area contributed by atoms with Crippen molar-refractivity contribution >= 4 is 33.5 Å². The average molecular weight is 237 g/mol. The Hall–Kier alpha value is -1.69. The van der Waals surface area contributed by atoms with Crippen LogP contribution in [0.4, 0.5) is 5.82 Å². The van der Waals surface area contributed by atoms with Crippen LogP contribution in [0.25, 0.3) is 10.2 Å². The second-order valence-electron chi connectivity index (χ2n) is 3.97. The molecule has 0 aliphatic heterocycles. The van der Waals surface area contributed by atoms with Gasteiger partial charge in [-0.15, -0.1) is 0 Å². The molecular formula is C10H11N3O2S. The second-order valence-corrected chi connectivity index (χ2v) is 4.75. The first kappa shape index (κ1) is 10.8. The monoisotopic (exact) mass is 237 g/mol. The summed E-state index contributed by atoms with van der Waals surface area (Å²) >= 11 is 1.29. The normalized spacial score (nSPS) is 11.6. The first-order chi connectivity index (χ1) is 7.49. The molecule has 84 valence electrons. The van der Waals surface area contributed by atoms with Crippen LogP contribution in [-0.4, -0.2) is 26.0 Å². The SMILES string of the molecule is CC(C)(Nc1ccc2cnsc2n1)C(=O)O. The van der Waals surface area contributed by atoms with Gasteiger partial charge in [-0.05, 0) is 37.5 Å². The fourth-order valence-corrected chi connectivity index (χ4v) is 1.83. The van der Waals surface area contributed by atoms with E-state index in [2.05, 4.69) is 14.7 Å². The highest BCUT2D eigenvalue weighted by Crippen LogP contribution is 2.20. The molecule has 6 heteroatoms. The Bertz CT molecular complexity index is 536. The molecule has 0 aliphatic carbocycles. The van der Waals surface area contributed by atoms with Crippen molar-refractivity contribution in [3.05, 3.63) is 18.3 Å². The van der Waals surface area contributed by atoms with Gasteiger partial charge in [0.1, 0.15) is 16.2 Å². The van der Waals surface area contributed by atoms with Crippen LogP contribution in [0.2, 0.25) is 0 Å². The number of carboxylic acid groups (broad SMARTS) is 1. The molecule has 0 fully saturated rings. The highest BCUT2D eigenvalue weighted by Gasteiger charge is 2.27. The molecule has 2 N–H and O–H groups in total. The molecule has 0 atom stereocenters. The molecular weight excluding hydrogens is 226 g/mol. The van der Waals surface area contributed by atoms with Crippen LogP contribution in [0.1, 0.15) is 13.8 Å². The van der Waals surface area contributed by atoms with Gasteiger partial charge in [0, 0.05) is 5.39 Å². The quantitative estimate of drug-likeness (QED) is 0.853. The summed E-state index contributed by atoms with van der Waals surface area (Å²) in [4.78, 5) is 16.0. The van der Waals surface area contributed by atoms with Crippen molar-refractivity contribution in [3.8, 4) is 0 Å². The highest BCUT2D eigenvalue weighted by atomic mass is 32.1. The summed E-state index contributed by atoms with van der Waals surface area (Å²) in [6.07, 6.45) is 1.74. The van der Waals surface area contributed by atoms with Crippen molar-refractivity contribution in [2.45, 2.75) is 19.4 Å². The van der Waals surface area contributed by atoms with E-state index in [-0.39, 0.29) is 0 Å². The van der Waals surface area contributed by atoms with E-state index in [0.717, 1.165) is 10.2 Å². The van der Waals surface area contributed by atoms with Gasteiger partial charge in [0.05, 0.1) is 6.20 Å². The van der Waals surface area contributed by atoms with Crippen molar-refractivity contribution in [2.24, 2.45) is 0 Å². The zero-order valence-corrected chi connectivity index (χ0v) is 9.71. The third-order valence-electron chi connectivity index (χ3n) is 2.20. The van der Waals surface area contributed by atoms with E-state index < -0.39 is 11.5 Å². The van der Waals surface area contributed by atoms with Gasteiger partial charge in [0.25, 0.3) is 0 Å². The Morgan fingerprint density at radius 2 is 2.25 bits per heavy atom. The topological polar surface area (TPSA) is 75.1 Å². The molecule has 2 heterocycles. The Morgan fingerprint density at radius 1 is 1.50 bits per heavy atom. The molecule has 0 amide bonds. The molecule has 0 bridgehead atoms. The minimum atomic E-state index is -1.04. The number of fused-ring (bicyclic) bond motifs is 1. The first-order valence-electron chi connectivity index (χ1n) is 4.72. The Morgan fingerprint density at radius 3 is 2.94 bits per heavy atom. The van der Waals surface area contributed by atoms with Gasteiger partial charge < -0.3 is 10.4 Å². The fraction of sp³-hybridized carbons (Fsp3) is 0.300. The number of pyridine rings is 1. The van der Waals surface area contributed by atoms with Crippen LogP contribution in [0.15, 0.2) is 18.3 Å². The largest absolute Gasteiger partial charge is 0.480 e. The summed E-state index contributed by atoms with van der Waals surface area (Å²) in [5.41, 5.74) is -1.04. The lowest BCUT2D eigenvalue weighted by Gasteiger charge is -2.21. The lowest BCUT2D eigenvalue weighted by molar-refractivity contribution is -0.141. The van der Waals surface area contributed by atoms with E-state index in [1.165, 1.54) is 11.5 Å². The van der Waals surface area contributed by atoms with Crippen molar-refractivity contribution < 1.29 is 9.90 Å². The predicted octanol–water partition coefficient (Wildman–Crippen LogP) is 1.97. The van der Waals surface area contributed by atoms with Gasteiger partial charge in [-0.25, -0.2) is 9.78 Å². The van der Waals surface area contributed by atoms with E-state index in [9.17, 15) is 4.79 Å². The van der Waals surface area contributed by atoms with Crippen LogP contribution in [0.5, 0.6) is 0 Å². The van der Waals surface area contributed by atoms with E-state index in [1.807, 2.05) is 6.07 Å². The molecule has 0 aromatic carbocycles. The molecule has 2 aromatic rings. The first-order valence-corrected chi connectivity index (χ1v) is 5.49. The van der Waals surface area contributed by atoms with E-state index in [1.54, 1.807) is 26.1 Å². The zero-order chi connectivity index (χ0) is 11.8. The number of aliphatic carboxylic acids is 1. The number of carbonyl (C=O) groups is 1. The fourth-order valence-electron chi connectivity index (χ4n) is 1.20. The summed E-state index contributed by atoms with van der Waals surface area (Å²) in [6.45, 7) is 3.18. The van der Waals surface area contributed by atoms with E-state index in [0.29, 0.717) is 5.82 Å². The lowest BCUT2D eigenvalue weighted by Crippen LogP contribution is -2.40. The molecule has 5 nitrogen and oxygen atoms in total. The predicted molar refractivity (Wildman–Crippen MR) is 62.8 cm³/mol. The number of aromatic nitrogens is 2. The third-order valence-corrected chi connectivity index (χ3v) is 2.91. The Kier molecular flexibility index (Phi) is 2.51. The maximum absolute atomic E-state index is 10.9. The standard InChI is InChI=1S/C10H11N3O2S/c1-10(2,9(14)15)13-7-4-3-6-5-11-16-8(6)12-7/h3-5H,1-2H3,(H,12,13)(H,14,15).